The van der Waals surface area contributed by atoms with E-state index >= 15 is 0 Å². The molecule has 0 aliphatic heterocycles. The Kier molecular flexibility index (Phi) is 5.59. The number of rotatable bonds is 6. The molecule has 18 heavy (non-hydrogen) atoms. The summed E-state index contributed by atoms with van der Waals surface area (Å²) in [7, 11) is -3.30. The van der Waals surface area contributed by atoms with Crippen molar-refractivity contribution in [2.75, 3.05) is 12.9 Å². The first-order valence-corrected chi connectivity index (χ1v) is 7.98. The van der Waals surface area contributed by atoms with Gasteiger partial charge in [-0.25, -0.2) is 8.42 Å². The average molecular weight is 292 g/mol. The highest BCUT2D eigenvalue weighted by molar-refractivity contribution is 7.90. The Labute approximate surface area is 113 Å². The van der Waals surface area contributed by atoms with E-state index in [0.717, 1.165) is 12.7 Å². The van der Waals surface area contributed by atoms with Crippen molar-refractivity contribution >= 4 is 21.4 Å². The Hall–Kier alpha value is -0.620. The van der Waals surface area contributed by atoms with E-state index in [9.17, 15) is 8.42 Å². The van der Waals surface area contributed by atoms with Crippen molar-refractivity contribution in [3.63, 3.8) is 0 Å². The highest BCUT2D eigenvalue weighted by atomic mass is 35.5. The van der Waals surface area contributed by atoms with E-state index in [4.69, 9.17) is 16.7 Å². The van der Waals surface area contributed by atoms with Crippen LogP contribution < -0.4 is 5.32 Å². The molecule has 0 saturated carbocycles. The number of hydrogen-bond donors (Lipinski definition) is 2. The zero-order valence-electron chi connectivity index (χ0n) is 10.5. The van der Waals surface area contributed by atoms with Gasteiger partial charge in [0.05, 0.1) is 11.5 Å². The molecule has 0 spiro atoms. The minimum atomic E-state index is -3.30. The largest absolute Gasteiger partial charge is 0.395 e. The van der Waals surface area contributed by atoms with Gasteiger partial charge in [-0.3, -0.25) is 0 Å². The van der Waals surface area contributed by atoms with Crippen molar-refractivity contribution in [2.24, 2.45) is 0 Å². The number of benzene rings is 1. The molecule has 0 aliphatic rings. The van der Waals surface area contributed by atoms with E-state index in [-0.39, 0.29) is 17.5 Å². The van der Waals surface area contributed by atoms with Gasteiger partial charge in [-0.15, -0.1) is 0 Å². The molecule has 6 heteroatoms. The number of aliphatic hydroxyl groups is 1. The van der Waals surface area contributed by atoms with Crippen molar-refractivity contribution in [3.05, 3.63) is 28.8 Å². The number of halogens is 1. The lowest BCUT2D eigenvalue weighted by atomic mass is 10.2. The highest BCUT2D eigenvalue weighted by Gasteiger charge is 2.16. The molecule has 1 aromatic carbocycles. The summed E-state index contributed by atoms with van der Waals surface area (Å²) in [5, 5.41) is 12.6. The predicted octanol–water partition coefficient (Wildman–Crippen LogP) is 1.60. The van der Waals surface area contributed by atoms with Crippen molar-refractivity contribution < 1.29 is 13.5 Å². The van der Waals surface area contributed by atoms with Crippen LogP contribution in [0.25, 0.3) is 0 Å². The third-order valence-electron chi connectivity index (χ3n) is 2.76. The Balaban J connectivity index is 3.01. The summed E-state index contributed by atoms with van der Waals surface area (Å²) in [6.45, 7) is 2.27. The van der Waals surface area contributed by atoms with Crippen LogP contribution in [0.3, 0.4) is 0 Å². The predicted molar refractivity (Wildman–Crippen MR) is 72.6 cm³/mol. The van der Waals surface area contributed by atoms with Crippen molar-refractivity contribution in [1.82, 2.24) is 5.32 Å². The molecule has 0 aliphatic carbocycles. The number of hydrogen-bond acceptors (Lipinski definition) is 4. The van der Waals surface area contributed by atoms with Gasteiger partial charge in [0.15, 0.2) is 9.84 Å². The van der Waals surface area contributed by atoms with Gasteiger partial charge >= 0.3 is 0 Å². The second kappa shape index (κ2) is 6.52. The van der Waals surface area contributed by atoms with Gasteiger partial charge in [0.1, 0.15) is 0 Å². The normalized spacial score (nSPS) is 13.6. The Morgan fingerprint density at radius 2 is 2.11 bits per heavy atom. The summed E-state index contributed by atoms with van der Waals surface area (Å²) < 4.78 is 23.3. The quantitative estimate of drug-likeness (QED) is 0.835. The van der Waals surface area contributed by atoms with Gasteiger partial charge < -0.3 is 10.4 Å². The second-order valence-electron chi connectivity index (χ2n) is 4.16. The average Bonchev–Trinajstić information content (AvgIpc) is 2.30. The summed E-state index contributed by atoms with van der Waals surface area (Å²) in [6, 6.07) is 4.75. The molecule has 0 radical (unpaired) electrons. The van der Waals surface area contributed by atoms with Crippen molar-refractivity contribution in [2.45, 2.75) is 30.8 Å². The van der Waals surface area contributed by atoms with E-state index in [0.29, 0.717) is 17.1 Å². The summed E-state index contributed by atoms with van der Waals surface area (Å²) in [5.74, 6) is 0. The number of nitrogens with one attached hydrogen (secondary N) is 1. The maximum atomic E-state index is 11.7. The molecule has 0 amide bonds. The maximum absolute atomic E-state index is 11.7. The molecule has 1 rings (SSSR count). The van der Waals surface area contributed by atoms with Gasteiger partial charge in [-0.1, -0.05) is 24.6 Å². The maximum Gasteiger partial charge on any atom is 0.175 e. The van der Waals surface area contributed by atoms with E-state index in [1.165, 1.54) is 6.07 Å². The molecule has 0 unspecified atom stereocenters. The standard InChI is InChI=1S/C12H18ClNO3S/c1-3-9(8-15)14-7-10-11(13)5-4-6-12(10)18(2,16)17/h4-6,9,14-15H,3,7-8H2,1-2H3/t9-/m0/s1. The van der Waals surface area contributed by atoms with Crippen LogP contribution in [0.5, 0.6) is 0 Å². The van der Waals surface area contributed by atoms with Gasteiger partial charge in [-0.05, 0) is 18.6 Å². The molecular formula is C12H18ClNO3S. The van der Waals surface area contributed by atoms with Crippen LogP contribution in [0, 0.1) is 0 Å². The van der Waals surface area contributed by atoms with E-state index in [2.05, 4.69) is 5.32 Å². The van der Waals surface area contributed by atoms with Gasteiger partial charge in [0.2, 0.25) is 0 Å². The summed E-state index contributed by atoms with van der Waals surface area (Å²) in [6.07, 6.45) is 1.92. The minimum Gasteiger partial charge on any atom is -0.395 e. The fourth-order valence-corrected chi connectivity index (χ4v) is 2.90. The van der Waals surface area contributed by atoms with E-state index in [1.54, 1.807) is 12.1 Å². The monoisotopic (exact) mass is 291 g/mol. The summed E-state index contributed by atoms with van der Waals surface area (Å²) in [5.41, 5.74) is 0.550. The van der Waals surface area contributed by atoms with Gasteiger partial charge in [0, 0.05) is 29.4 Å². The van der Waals surface area contributed by atoms with Gasteiger partial charge in [-0.2, -0.15) is 0 Å². The molecule has 4 nitrogen and oxygen atoms in total. The lowest BCUT2D eigenvalue weighted by Gasteiger charge is -2.16. The second-order valence-corrected chi connectivity index (χ2v) is 6.55. The van der Waals surface area contributed by atoms with Crippen LogP contribution in [0.15, 0.2) is 23.1 Å². The molecule has 1 atom stereocenters. The van der Waals surface area contributed by atoms with Gasteiger partial charge in [0.25, 0.3) is 0 Å². The zero-order valence-corrected chi connectivity index (χ0v) is 12.1. The topological polar surface area (TPSA) is 66.4 Å². The van der Waals surface area contributed by atoms with Crippen LogP contribution in [0.2, 0.25) is 5.02 Å². The van der Waals surface area contributed by atoms with Crippen molar-refractivity contribution in [3.8, 4) is 0 Å². The summed E-state index contributed by atoms with van der Waals surface area (Å²) >= 11 is 6.04. The lowest BCUT2D eigenvalue weighted by molar-refractivity contribution is 0.238. The molecule has 2 N–H and O–H groups in total. The lowest BCUT2D eigenvalue weighted by Crippen LogP contribution is -2.31. The smallest absolute Gasteiger partial charge is 0.175 e. The van der Waals surface area contributed by atoms with Crippen LogP contribution in [0.1, 0.15) is 18.9 Å². The Morgan fingerprint density at radius 3 is 2.61 bits per heavy atom. The van der Waals surface area contributed by atoms with E-state index in [1.807, 2.05) is 6.92 Å². The third kappa shape index (κ3) is 3.95. The molecule has 1 aromatic rings. The molecule has 0 saturated heterocycles. The summed E-state index contributed by atoms with van der Waals surface area (Å²) in [4.78, 5) is 0.232. The zero-order chi connectivity index (χ0) is 13.8. The Bertz CT molecular complexity index is 498. The Morgan fingerprint density at radius 1 is 1.44 bits per heavy atom. The first-order valence-electron chi connectivity index (χ1n) is 5.71. The van der Waals surface area contributed by atoms with Crippen LogP contribution >= 0.6 is 11.6 Å². The molecule has 102 valence electrons. The van der Waals surface area contributed by atoms with Crippen LogP contribution in [-0.2, 0) is 16.4 Å². The van der Waals surface area contributed by atoms with Crippen LogP contribution in [-0.4, -0.2) is 32.4 Å². The molecule has 0 bridgehead atoms. The molecular weight excluding hydrogens is 274 g/mol. The first kappa shape index (κ1) is 15.4. The first-order chi connectivity index (χ1) is 8.40. The fourth-order valence-electron chi connectivity index (χ4n) is 1.64. The van der Waals surface area contributed by atoms with Crippen molar-refractivity contribution in [1.29, 1.82) is 0 Å². The molecule has 0 fully saturated rings. The SMILES string of the molecule is CC[C@@H](CO)NCc1c(Cl)cccc1S(C)(=O)=O. The molecule has 0 aromatic heterocycles. The molecule has 0 heterocycles. The fraction of sp³-hybridized carbons (Fsp3) is 0.500. The highest BCUT2D eigenvalue weighted by Crippen LogP contribution is 2.24. The number of sulfone groups is 1. The van der Waals surface area contributed by atoms with Crippen LogP contribution in [0.4, 0.5) is 0 Å². The number of aliphatic hydroxyl groups excluding tert-OH is 1. The van der Waals surface area contributed by atoms with E-state index < -0.39 is 9.84 Å². The minimum absolute atomic E-state index is 0.00909. The third-order valence-corrected chi connectivity index (χ3v) is 4.29.